The minimum atomic E-state index is -1.03. The zero-order valence-electron chi connectivity index (χ0n) is 17.3. The van der Waals surface area contributed by atoms with Crippen LogP contribution in [0.3, 0.4) is 0 Å². The second-order valence-electron chi connectivity index (χ2n) is 9.38. The van der Waals surface area contributed by atoms with Gasteiger partial charge >= 0.3 is 0 Å². The summed E-state index contributed by atoms with van der Waals surface area (Å²) in [7, 11) is 1.60. The Balaban J connectivity index is 1.74. The van der Waals surface area contributed by atoms with E-state index in [-0.39, 0.29) is 11.3 Å². The van der Waals surface area contributed by atoms with Crippen LogP contribution in [0.5, 0.6) is 5.75 Å². The van der Waals surface area contributed by atoms with E-state index < -0.39 is 5.60 Å². The molecule has 1 aromatic carbocycles. The van der Waals surface area contributed by atoms with E-state index in [1.54, 1.807) is 21.0 Å². The lowest BCUT2D eigenvalue weighted by Gasteiger charge is -2.37. The van der Waals surface area contributed by atoms with Crippen LogP contribution in [0.25, 0.3) is 11.0 Å². The maximum atomic E-state index is 12.7. The van der Waals surface area contributed by atoms with Gasteiger partial charge in [-0.25, -0.2) is 4.98 Å². The lowest BCUT2D eigenvalue weighted by Crippen LogP contribution is -2.31. The van der Waals surface area contributed by atoms with Crippen LogP contribution in [0.2, 0.25) is 0 Å². The molecule has 2 fully saturated rings. The van der Waals surface area contributed by atoms with Gasteiger partial charge in [-0.1, -0.05) is 13.3 Å². The summed E-state index contributed by atoms with van der Waals surface area (Å²) >= 11 is 0. The molecule has 2 aliphatic carbocycles. The molecular formula is C22H31N3O3. The number of hydrogen-bond acceptors (Lipinski definition) is 4. The Morgan fingerprint density at radius 1 is 1.36 bits per heavy atom. The molecule has 0 unspecified atom stereocenters. The van der Waals surface area contributed by atoms with E-state index in [2.05, 4.69) is 16.8 Å². The summed E-state index contributed by atoms with van der Waals surface area (Å²) in [5.74, 6) is 1.26. The summed E-state index contributed by atoms with van der Waals surface area (Å²) in [6.07, 6.45) is 7.33. The second-order valence-corrected chi connectivity index (χ2v) is 9.38. The van der Waals surface area contributed by atoms with E-state index in [1.807, 2.05) is 12.1 Å². The van der Waals surface area contributed by atoms with Gasteiger partial charge in [0.1, 0.15) is 5.75 Å². The van der Waals surface area contributed by atoms with Crippen molar-refractivity contribution in [1.82, 2.24) is 9.55 Å². The molecule has 4 rings (SSSR count). The Labute approximate surface area is 166 Å². The fourth-order valence-electron chi connectivity index (χ4n) is 4.39. The quantitative estimate of drug-likeness (QED) is 0.767. The number of ether oxygens (including phenoxy) is 1. The van der Waals surface area contributed by atoms with Crippen LogP contribution in [0.15, 0.2) is 12.1 Å². The Morgan fingerprint density at radius 3 is 2.57 bits per heavy atom. The third-order valence-corrected chi connectivity index (χ3v) is 6.51. The Bertz CT molecular complexity index is 902. The van der Waals surface area contributed by atoms with E-state index >= 15 is 0 Å². The first kappa shape index (κ1) is 19.2. The van der Waals surface area contributed by atoms with E-state index in [0.29, 0.717) is 24.2 Å². The van der Waals surface area contributed by atoms with Gasteiger partial charge in [0.25, 0.3) is 0 Å². The highest BCUT2D eigenvalue weighted by molar-refractivity contribution is 5.92. The average Bonchev–Trinajstić information content (AvgIpc) is 2.86. The maximum absolute atomic E-state index is 12.7. The number of aromatic nitrogens is 2. The molecule has 6 nitrogen and oxygen atoms in total. The maximum Gasteiger partial charge on any atom is 0.227 e. The van der Waals surface area contributed by atoms with Crippen molar-refractivity contribution in [2.45, 2.75) is 77.4 Å². The summed E-state index contributed by atoms with van der Waals surface area (Å²) in [5.41, 5.74) is 1.54. The first-order valence-electron chi connectivity index (χ1n) is 10.3. The predicted molar refractivity (Wildman–Crippen MR) is 110 cm³/mol. The van der Waals surface area contributed by atoms with Crippen molar-refractivity contribution in [3.05, 3.63) is 17.7 Å². The number of anilines is 1. The van der Waals surface area contributed by atoms with E-state index in [1.165, 1.54) is 12.8 Å². The molecule has 1 heterocycles. The molecule has 6 heteroatoms. The predicted octanol–water partition coefficient (Wildman–Crippen LogP) is 4.52. The minimum absolute atomic E-state index is 0.0350. The van der Waals surface area contributed by atoms with Crippen LogP contribution in [0.4, 0.5) is 5.95 Å². The lowest BCUT2D eigenvalue weighted by atomic mass is 9.68. The minimum Gasteiger partial charge on any atom is -0.496 e. The van der Waals surface area contributed by atoms with Gasteiger partial charge in [-0.2, -0.15) is 0 Å². The monoisotopic (exact) mass is 385 g/mol. The number of fused-ring (bicyclic) bond motifs is 1. The number of hydrogen-bond donors (Lipinski definition) is 2. The van der Waals surface area contributed by atoms with E-state index in [9.17, 15) is 9.90 Å². The Kier molecular flexibility index (Phi) is 4.65. The summed E-state index contributed by atoms with van der Waals surface area (Å²) in [4.78, 5) is 17.4. The zero-order chi connectivity index (χ0) is 20.1. The van der Waals surface area contributed by atoms with Crippen LogP contribution in [0, 0.1) is 5.41 Å². The van der Waals surface area contributed by atoms with Crippen LogP contribution in [-0.2, 0) is 10.4 Å². The van der Waals surface area contributed by atoms with Gasteiger partial charge in [-0.3, -0.25) is 10.1 Å². The van der Waals surface area contributed by atoms with Crippen LogP contribution >= 0.6 is 0 Å². The van der Waals surface area contributed by atoms with Crippen molar-refractivity contribution >= 4 is 22.9 Å². The number of rotatable bonds is 6. The lowest BCUT2D eigenvalue weighted by molar-refractivity contribution is -0.119. The smallest absolute Gasteiger partial charge is 0.227 e. The molecule has 0 radical (unpaired) electrons. The van der Waals surface area contributed by atoms with E-state index in [4.69, 9.17) is 9.72 Å². The summed E-state index contributed by atoms with van der Waals surface area (Å²) in [5, 5.41) is 13.7. The third kappa shape index (κ3) is 3.39. The molecule has 0 aliphatic heterocycles. The SMILES string of the molecule is COc1cc2nc(NC(=O)CC3(C)CCC3)n(C3CCC3)c2cc1C(C)(C)O. The van der Waals surface area contributed by atoms with Crippen molar-refractivity contribution in [2.24, 2.45) is 5.41 Å². The first-order valence-corrected chi connectivity index (χ1v) is 10.3. The van der Waals surface area contributed by atoms with Gasteiger partial charge < -0.3 is 14.4 Å². The molecule has 0 bridgehead atoms. The van der Waals surface area contributed by atoms with Gasteiger partial charge in [0.15, 0.2) is 0 Å². The number of aliphatic hydroxyl groups is 1. The highest BCUT2D eigenvalue weighted by atomic mass is 16.5. The molecule has 0 atom stereocenters. The van der Waals surface area contributed by atoms with Gasteiger partial charge in [0.05, 0.1) is 23.7 Å². The van der Waals surface area contributed by atoms with Gasteiger partial charge in [-0.05, 0) is 57.4 Å². The Hall–Kier alpha value is -2.08. The fourth-order valence-corrected chi connectivity index (χ4v) is 4.39. The number of nitrogens with one attached hydrogen (secondary N) is 1. The van der Waals surface area contributed by atoms with Crippen molar-refractivity contribution in [3.63, 3.8) is 0 Å². The first-order chi connectivity index (χ1) is 13.2. The van der Waals surface area contributed by atoms with Gasteiger partial charge in [0.2, 0.25) is 11.9 Å². The molecule has 28 heavy (non-hydrogen) atoms. The van der Waals surface area contributed by atoms with Crippen molar-refractivity contribution in [1.29, 1.82) is 0 Å². The molecule has 2 aromatic rings. The molecular weight excluding hydrogens is 354 g/mol. The molecule has 1 amide bonds. The highest BCUT2D eigenvalue weighted by Crippen LogP contribution is 2.44. The normalized spacial score (nSPS) is 19.2. The van der Waals surface area contributed by atoms with Gasteiger partial charge in [-0.15, -0.1) is 0 Å². The molecule has 2 saturated carbocycles. The topological polar surface area (TPSA) is 76.4 Å². The number of amides is 1. The van der Waals surface area contributed by atoms with Crippen LogP contribution in [0.1, 0.15) is 77.3 Å². The third-order valence-electron chi connectivity index (χ3n) is 6.51. The number of benzene rings is 1. The van der Waals surface area contributed by atoms with Crippen LogP contribution in [-0.4, -0.2) is 27.7 Å². The zero-order valence-corrected chi connectivity index (χ0v) is 17.3. The van der Waals surface area contributed by atoms with E-state index in [0.717, 1.165) is 42.3 Å². The molecule has 0 spiro atoms. The number of carbonyl (C=O) groups is 1. The summed E-state index contributed by atoms with van der Waals surface area (Å²) in [6, 6.07) is 4.16. The average molecular weight is 386 g/mol. The standard InChI is InChI=1S/C22H31N3O3/c1-21(2,27)15-11-17-16(12-18(15)28-4)23-20(25(17)14-7-5-8-14)24-19(26)13-22(3)9-6-10-22/h11-12,14,27H,5-10,13H2,1-4H3,(H,23,24,26). The van der Waals surface area contributed by atoms with Crippen molar-refractivity contribution in [3.8, 4) is 5.75 Å². The molecule has 152 valence electrons. The van der Waals surface area contributed by atoms with Gasteiger partial charge in [0, 0.05) is 24.1 Å². The number of imidazole rings is 1. The summed E-state index contributed by atoms with van der Waals surface area (Å²) < 4.78 is 7.65. The number of carbonyl (C=O) groups excluding carboxylic acids is 1. The molecule has 2 aliphatic rings. The Morgan fingerprint density at radius 2 is 2.07 bits per heavy atom. The second kappa shape index (κ2) is 6.76. The summed E-state index contributed by atoms with van der Waals surface area (Å²) in [6.45, 7) is 5.69. The largest absolute Gasteiger partial charge is 0.496 e. The van der Waals surface area contributed by atoms with Crippen molar-refractivity contribution < 1.29 is 14.6 Å². The number of methoxy groups -OCH3 is 1. The van der Waals surface area contributed by atoms with Crippen LogP contribution < -0.4 is 10.1 Å². The molecule has 1 aromatic heterocycles. The molecule has 0 saturated heterocycles. The molecule has 2 N–H and O–H groups in total. The number of nitrogens with zero attached hydrogens (tertiary/aromatic N) is 2. The highest BCUT2D eigenvalue weighted by Gasteiger charge is 2.35. The van der Waals surface area contributed by atoms with Crippen molar-refractivity contribution in [2.75, 3.05) is 12.4 Å². The fraction of sp³-hybridized carbons (Fsp3) is 0.636.